The lowest BCUT2D eigenvalue weighted by Crippen LogP contribution is -2.36. The molecule has 4 unspecified atom stereocenters. The first-order valence-corrected chi connectivity index (χ1v) is 17.8. The minimum absolute atomic E-state index is 0.0857. The Morgan fingerprint density at radius 3 is 1.67 bits per heavy atom. The molecule has 0 aliphatic heterocycles. The monoisotopic (exact) mass is 556 g/mol. The van der Waals surface area contributed by atoms with E-state index in [-0.39, 0.29) is 35.7 Å². The first-order chi connectivity index (χ1) is 16.3. The fourth-order valence-corrected chi connectivity index (χ4v) is 7.92. The molecule has 0 aromatic carbocycles. The molecule has 4 atom stereocenters. The average Bonchev–Trinajstić information content (AvgIpc) is 2.68. The molecule has 0 aromatic heterocycles. The molecule has 0 radical (unpaired) electrons. The Hall–Kier alpha value is 0.260. The van der Waals surface area contributed by atoms with Crippen molar-refractivity contribution < 1.29 is 33.5 Å². The SMILES string of the molecule is CCC(CO)(COCCCP(=O)(O)CCCC(C)(C)C)COCCCP(=O)(O)CC(C)CC(C)(C)C. The molecule has 0 heterocycles. The summed E-state index contributed by atoms with van der Waals surface area (Å²) >= 11 is 0. The van der Waals surface area contributed by atoms with Gasteiger partial charge in [0.1, 0.15) is 0 Å². The molecular formula is C27H58O7P2. The Balaban J connectivity index is 4.30. The summed E-state index contributed by atoms with van der Waals surface area (Å²) in [6.07, 6.45) is 5.45. The molecule has 0 fully saturated rings. The van der Waals surface area contributed by atoms with E-state index in [9.17, 15) is 24.0 Å². The summed E-state index contributed by atoms with van der Waals surface area (Å²) in [6, 6.07) is 0. The maximum absolute atomic E-state index is 12.6. The first-order valence-electron chi connectivity index (χ1n) is 13.7. The Bertz CT molecular complexity index is 679. The van der Waals surface area contributed by atoms with Crippen LogP contribution in [0, 0.1) is 22.2 Å². The molecule has 36 heavy (non-hydrogen) atoms. The second-order valence-corrected chi connectivity index (χ2v) is 18.5. The van der Waals surface area contributed by atoms with Crippen LogP contribution >= 0.6 is 14.7 Å². The van der Waals surface area contributed by atoms with Gasteiger partial charge in [-0.15, -0.1) is 0 Å². The highest BCUT2D eigenvalue weighted by Crippen LogP contribution is 2.45. The summed E-state index contributed by atoms with van der Waals surface area (Å²) in [5.74, 6) is 0.198. The quantitative estimate of drug-likeness (QED) is 0.114. The van der Waals surface area contributed by atoms with Crippen LogP contribution < -0.4 is 0 Å². The molecule has 0 saturated heterocycles. The van der Waals surface area contributed by atoms with E-state index in [1.54, 1.807) is 0 Å². The van der Waals surface area contributed by atoms with Gasteiger partial charge < -0.3 is 24.4 Å². The molecule has 0 spiro atoms. The van der Waals surface area contributed by atoms with Crippen LogP contribution in [0.2, 0.25) is 0 Å². The van der Waals surface area contributed by atoms with Gasteiger partial charge in [0.05, 0.1) is 19.8 Å². The van der Waals surface area contributed by atoms with Gasteiger partial charge in [-0.2, -0.15) is 0 Å². The second-order valence-electron chi connectivity index (χ2n) is 13.4. The third-order valence-electron chi connectivity index (χ3n) is 6.49. The fraction of sp³-hybridized carbons (Fsp3) is 1.00. The van der Waals surface area contributed by atoms with Gasteiger partial charge in [-0.3, -0.25) is 9.13 Å². The Morgan fingerprint density at radius 1 is 0.778 bits per heavy atom. The minimum Gasteiger partial charge on any atom is -0.396 e. The van der Waals surface area contributed by atoms with E-state index in [4.69, 9.17) is 9.47 Å². The van der Waals surface area contributed by atoms with Crippen LogP contribution in [0.3, 0.4) is 0 Å². The van der Waals surface area contributed by atoms with Crippen molar-refractivity contribution in [3.05, 3.63) is 0 Å². The van der Waals surface area contributed by atoms with Gasteiger partial charge in [0.15, 0.2) is 0 Å². The summed E-state index contributed by atoms with van der Waals surface area (Å²) in [5, 5.41) is 9.97. The highest BCUT2D eigenvalue weighted by atomic mass is 31.2. The van der Waals surface area contributed by atoms with E-state index < -0.39 is 20.2 Å². The standard InChI is InChI=1S/C27H58O7P2/c1-9-27(21-28,22-33-14-11-17-35(29,30)16-10-13-25(3,4)5)23-34-15-12-18-36(31,32)20-24(2)19-26(6,7)8/h24,28H,9-23H2,1-8H3,(H,29,30)(H,31,32). The van der Waals surface area contributed by atoms with Crippen LogP contribution in [-0.2, 0) is 18.6 Å². The second kappa shape index (κ2) is 16.4. The first kappa shape index (κ1) is 36.3. The lowest BCUT2D eigenvalue weighted by Gasteiger charge is -2.30. The third kappa shape index (κ3) is 19.3. The van der Waals surface area contributed by atoms with Crippen molar-refractivity contribution in [2.24, 2.45) is 22.2 Å². The zero-order chi connectivity index (χ0) is 28.1. The molecule has 0 aliphatic rings. The van der Waals surface area contributed by atoms with Gasteiger partial charge in [0.2, 0.25) is 14.7 Å². The van der Waals surface area contributed by atoms with Crippen molar-refractivity contribution in [1.82, 2.24) is 0 Å². The molecule has 0 amide bonds. The summed E-state index contributed by atoms with van der Waals surface area (Å²) in [4.78, 5) is 20.5. The minimum atomic E-state index is -3.18. The van der Waals surface area contributed by atoms with Crippen molar-refractivity contribution in [3.8, 4) is 0 Å². The zero-order valence-corrected chi connectivity index (χ0v) is 26.3. The predicted molar refractivity (Wildman–Crippen MR) is 152 cm³/mol. The molecule has 0 aromatic rings. The number of aliphatic hydroxyl groups is 1. The number of hydrogen-bond donors (Lipinski definition) is 3. The average molecular weight is 557 g/mol. The van der Waals surface area contributed by atoms with E-state index in [1.807, 2.05) is 13.8 Å². The molecule has 0 aliphatic carbocycles. The number of aliphatic hydroxyl groups excluding tert-OH is 1. The van der Waals surface area contributed by atoms with E-state index in [1.165, 1.54) is 0 Å². The van der Waals surface area contributed by atoms with E-state index in [0.29, 0.717) is 58.0 Å². The van der Waals surface area contributed by atoms with Crippen molar-refractivity contribution in [2.75, 3.05) is 57.7 Å². The van der Waals surface area contributed by atoms with Gasteiger partial charge in [-0.1, -0.05) is 55.4 Å². The van der Waals surface area contributed by atoms with E-state index in [2.05, 4.69) is 41.5 Å². The fourth-order valence-electron chi connectivity index (χ4n) is 4.51. The van der Waals surface area contributed by atoms with Gasteiger partial charge in [0, 0.05) is 43.3 Å². The normalized spacial score (nSPS) is 18.9. The maximum Gasteiger partial charge on any atom is 0.201 e. The zero-order valence-electron chi connectivity index (χ0n) is 24.6. The van der Waals surface area contributed by atoms with Crippen molar-refractivity contribution in [2.45, 2.75) is 93.9 Å². The van der Waals surface area contributed by atoms with E-state index >= 15 is 0 Å². The summed E-state index contributed by atoms with van der Waals surface area (Å²) < 4.78 is 36.5. The maximum atomic E-state index is 12.6. The Morgan fingerprint density at radius 2 is 1.25 bits per heavy atom. The number of rotatable bonds is 20. The van der Waals surface area contributed by atoms with Crippen LogP contribution in [0.5, 0.6) is 0 Å². The molecule has 0 rings (SSSR count). The van der Waals surface area contributed by atoms with Crippen molar-refractivity contribution in [1.29, 1.82) is 0 Å². The van der Waals surface area contributed by atoms with Crippen LogP contribution in [0.1, 0.15) is 93.9 Å². The Labute approximate surface area is 222 Å². The lowest BCUT2D eigenvalue weighted by molar-refractivity contribution is -0.0527. The molecule has 9 heteroatoms. The van der Waals surface area contributed by atoms with Gasteiger partial charge >= 0.3 is 0 Å². The third-order valence-corrected chi connectivity index (χ3v) is 10.7. The topological polar surface area (TPSA) is 113 Å². The summed E-state index contributed by atoms with van der Waals surface area (Å²) in [5.41, 5.74) is -0.233. The summed E-state index contributed by atoms with van der Waals surface area (Å²) in [7, 11) is -6.31. The highest BCUT2D eigenvalue weighted by Gasteiger charge is 2.29. The molecule has 7 nitrogen and oxygen atoms in total. The Kier molecular flexibility index (Phi) is 16.5. The molecule has 0 saturated carbocycles. The van der Waals surface area contributed by atoms with Crippen LogP contribution in [0.15, 0.2) is 0 Å². The lowest BCUT2D eigenvalue weighted by atomic mass is 9.86. The summed E-state index contributed by atoms with van der Waals surface area (Å²) in [6.45, 7) is 18.1. The number of ether oxygens (including phenoxy) is 2. The molecule has 3 N–H and O–H groups in total. The van der Waals surface area contributed by atoms with E-state index in [0.717, 1.165) is 19.3 Å². The van der Waals surface area contributed by atoms with Crippen LogP contribution in [-0.4, -0.2) is 72.6 Å². The van der Waals surface area contributed by atoms with Crippen molar-refractivity contribution in [3.63, 3.8) is 0 Å². The van der Waals surface area contributed by atoms with Crippen molar-refractivity contribution >= 4 is 14.7 Å². The van der Waals surface area contributed by atoms with Crippen LogP contribution in [0.4, 0.5) is 0 Å². The molecule has 218 valence electrons. The van der Waals surface area contributed by atoms with Gasteiger partial charge in [0.25, 0.3) is 0 Å². The highest BCUT2D eigenvalue weighted by molar-refractivity contribution is 7.58. The number of hydrogen-bond acceptors (Lipinski definition) is 5. The smallest absolute Gasteiger partial charge is 0.201 e. The van der Waals surface area contributed by atoms with Gasteiger partial charge in [-0.05, 0) is 55.3 Å². The largest absolute Gasteiger partial charge is 0.396 e. The predicted octanol–water partition coefficient (Wildman–Crippen LogP) is 6.63. The molecular weight excluding hydrogens is 498 g/mol. The molecule has 0 bridgehead atoms. The van der Waals surface area contributed by atoms with Gasteiger partial charge in [-0.25, -0.2) is 0 Å². The van der Waals surface area contributed by atoms with Crippen LogP contribution in [0.25, 0.3) is 0 Å².